The van der Waals surface area contributed by atoms with E-state index in [-0.39, 0.29) is 0 Å². The van der Waals surface area contributed by atoms with Crippen LogP contribution in [-0.4, -0.2) is 6.21 Å². The molecule has 11 heavy (non-hydrogen) atoms. The monoisotopic (exact) mass is 151 g/mol. The van der Waals surface area contributed by atoms with Crippen LogP contribution >= 0.6 is 0 Å². The van der Waals surface area contributed by atoms with Gasteiger partial charge in [-0.3, -0.25) is 4.99 Å². The second-order valence-electron chi connectivity index (χ2n) is 3.52. The second kappa shape index (κ2) is 3.70. The van der Waals surface area contributed by atoms with Crippen LogP contribution in [0.4, 0.5) is 0 Å². The van der Waals surface area contributed by atoms with Crippen LogP contribution in [0.25, 0.3) is 0 Å². The van der Waals surface area contributed by atoms with Gasteiger partial charge in [-0.1, -0.05) is 19.9 Å². The molecule has 0 aromatic carbocycles. The third-order valence-corrected chi connectivity index (χ3v) is 2.60. The molecule has 1 fully saturated rings. The largest absolute Gasteiger partial charge is 0.270 e. The Kier molecular flexibility index (Phi) is 2.86. The zero-order valence-corrected chi connectivity index (χ0v) is 7.62. The van der Waals surface area contributed by atoms with Crippen molar-refractivity contribution in [2.45, 2.75) is 27.2 Å². The Morgan fingerprint density at radius 3 is 2.36 bits per heavy atom. The summed E-state index contributed by atoms with van der Waals surface area (Å²) in [5, 5.41) is 0. The summed E-state index contributed by atoms with van der Waals surface area (Å²) >= 11 is 0. The fourth-order valence-corrected chi connectivity index (χ4v) is 1.88. The van der Waals surface area contributed by atoms with Crippen molar-refractivity contribution in [2.75, 3.05) is 0 Å². The van der Waals surface area contributed by atoms with E-state index in [1.165, 1.54) is 6.42 Å². The number of hydrogen-bond donors (Lipinski definition) is 0. The van der Waals surface area contributed by atoms with E-state index in [0.29, 0.717) is 0 Å². The second-order valence-corrected chi connectivity index (χ2v) is 3.52. The highest BCUT2D eigenvalue weighted by molar-refractivity contribution is 5.54. The molecule has 1 aliphatic carbocycles. The molecular formula is C10H17N. The number of allylic oxidation sites excluding steroid dienone is 1. The van der Waals surface area contributed by atoms with Gasteiger partial charge in [0.1, 0.15) is 0 Å². The van der Waals surface area contributed by atoms with E-state index in [4.69, 9.17) is 0 Å². The van der Waals surface area contributed by atoms with E-state index >= 15 is 0 Å². The molecule has 0 aromatic heterocycles. The molecule has 1 nitrogen and oxygen atoms in total. The molecule has 1 aliphatic rings. The van der Waals surface area contributed by atoms with Gasteiger partial charge in [-0.15, -0.1) is 0 Å². The Labute approximate surface area is 69.2 Å². The fraction of sp³-hybridized carbons (Fsp3) is 0.700. The Morgan fingerprint density at radius 2 is 1.91 bits per heavy atom. The van der Waals surface area contributed by atoms with E-state index < -0.39 is 0 Å². The lowest BCUT2D eigenvalue weighted by Crippen LogP contribution is -2.30. The number of nitrogens with zero attached hydrogens (tertiary/aromatic N) is 1. The predicted molar refractivity (Wildman–Crippen MR) is 49.7 cm³/mol. The zero-order valence-electron chi connectivity index (χ0n) is 7.62. The van der Waals surface area contributed by atoms with Crippen molar-refractivity contribution in [3.8, 4) is 0 Å². The standard InChI is InChI=1S/C10H17N/c1-4-11-6-5-10-8(2)7-9(10)3/h4-6,8-10H,7H2,1-3H3/b6-5-,11-4?. The molecule has 0 spiro atoms. The number of aliphatic imine (C=N–C) groups is 1. The minimum atomic E-state index is 0.777. The van der Waals surface area contributed by atoms with Crippen molar-refractivity contribution in [2.24, 2.45) is 22.7 Å². The first kappa shape index (κ1) is 8.51. The first-order chi connectivity index (χ1) is 5.25. The summed E-state index contributed by atoms with van der Waals surface area (Å²) in [6.07, 6.45) is 7.37. The molecule has 0 heterocycles. The lowest BCUT2D eigenvalue weighted by molar-refractivity contribution is 0.148. The molecule has 62 valence electrons. The summed E-state index contributed by atoms with van der Waals surface area (Å²) in [6, 6.07) is 0. The maximum absolute atomic E-state index is 4.06. The lowest BCUT2D eigenvalue weighted by Gasteiger charge is -2.38. The van der Waals surface area contributed by atoms with Crippen molar-refractivity contribution < 1.29 is 0 Å². The Morgan fingerprint density at radius 1 is 1.27 bits per heavy atom. The van der Waals surface area contributed by atoms with Crippen LogP contribution in [0.3, 0.4) is 0 Å². The summed E-state index contributed by atoms with van der Waals surface area (Å²) in [5.41, 5.74) is 0. The molecule has 0 radical (unpaired) electrons. The quantitative estimate of drug-likeness (QED) is 0.538. The van der Waals surface area contributed by atoms with E-state index in [0.717, 1.165) is 17.8 Å². The SMILES string of the molecule is CC=N/C=C\C1C(C)CC1C. The van der Waals surface area contributed by atoms with Crippen LogP contribution in [0.15, 0.2) is 17.3 Å². The predicted octanol–water partition coefficient (Wildman–Crippen LogP) is 2.88. The molecule has 0 bridgehead atoms. The van der Waals surface area contributed by atoms with Gasteiger partial charge in [0.2, 0.25) is 0 Å². The normalized spacial score (nSPS) is 38.3. The molecule has 1 heteroatoms. The topological polar surface area (TPSA) is 12.4 Å². The highest BCUT2D eigenvalue weighted by Gasteiger charge is 2.32. The van der Waals surface area contributed by atoms with Crippen molar-refractivity contribution in [3.63, 3.8) is 0 Å². The summed E-state index contributed by atoms with van der Waals surface area (Å²) < 4.78 is 0. The molecule has 2 atom stereocenters. The molecule has 0 saturated heterocycles. The average molecular weight is 151 g/mol. The van der Waals surface area contributed by atoms with Gasteiger partial charge in [0.05, 0.1) is 0 Å². The average Bonchev–Trinajstić information content (AvgIpc) is 1.98. The van der Waals surface area contributed by atoms with E-state index in [1.54, 1.807) is 0 Å². The fourth-order valence-electron chi connectivity index (χ4n) is 1.88. The van der Waals surface area contributed by atoms with E-state index in [9.17, 15) is 0 Å². The minimum Gasteiger partial charge on any atom is -0.270 e. The molecule has 0 amide bonds. The first-order valence-electron chi connectivity index (χ1n) is 4.40. The van der Waals surface area contributed by atoms with Gasteiger partial charge in [-0.2, -0.15) is 0 Å². The van der Waals surface area contributed by atoms with Gasteiger partial charge in [-0.05, 0) is 31.1 Å². The maximum Gasteiger partial charge on any atom is 0.0226 e. The molecule has 1 rings (SSSR count). The van der Waals surface area contributed by atoms with Crippen LogP contribution in [0.5, 0.6) is 0 Å². The minimum absolute atomic E-state index is 0.777. The summed E-state index contributed by atoms with van der Waals surface area (Å²) in [6.45, 7) is 6.56. The Hall–Kier alpha value is -0.590. The smallest absolute Gasteiger partial charge is 0.0226 e. The molecule has 0 N–H and O–H groups in total. The van der Waals surface area contributed by atoms with Gasteiger partial charge in [-0.25, -0.2) is 0 Å². The number of hydrogen-bond acceptors (Lipinski definition) is 1. The van der Waals surface area contributed by atoms with Gasteiger partial charge in [0.25, 0.3) is 0 Å². The van der Waals surface area contributed by atoms with Gasteiger partial charge in [0, 0.05) is 12.4 Å². The van der Waals surface area contributed by atoms with Crippen molar-refractivity contribution >= 4 is 6.21 Å². The van der Waals surface area contributed by atoms with E-state index in [1.807, 2.05) is 19.3 Å². The highest BCUT2D eigenvalue weighted by Crippen LogP contribution is 2.40. The molecule has 2 unspecified atom stereocenters. The Bertz CT molecular complexity index is 162. The van der Waals surface area contributed by atoms with Gasteiger partial charge >= 0.3 is 0 Å². The molecule has 1 saturated carbocycles. The highest BCUT2D eigenvalue weighted by atomic mass is 14.7. The number of rotatable bonds is 2. The summed E-state index contributed by atoms with van der Waals surface area (Å²) in [7, 11) is 0. The van der Waals surface area contributed by atoms with Crippen LogP contribution in [0.2, 0.25) is 0 Å². The third-order valence-electron chi connectivity index (χ3n) is 2.60. The Balaban J connectivity index is 2.36. The molecule has 0 aromatic rings. The van der Waals surface area contributed by atoms with Gasteiger partial charge in [0.15, 0.2) is 0 Å². The van der Waals surface area contributed by atoms with Crippen molar-refractivity contribution in [1.29, 1.82) is 0 Å². The van der Waals surface area contributed by atoms with E-state index in [2.05, 4.69) is 24.9 Å². The summed E-state index contributed by atoms with van der Waals surface area (Å²) in [5.74, 6) is 2.51. The third kappa shape index (κ3) is 1.92. The summed E-state index contributed by atoms with van der Waals surface area (Å²) in [4.78, 5) is 4.06. The molecular weight excluding hydrogens is 134 g/mol. The first-order valence-corrected chi connectivity index (χ1v) is 4.40. The molecule has 0 aliphatic heterocycles. The zero-order chi connectivity index (χ0) is 8.27. The van der Waals surface area contributed by atoms with Crippen LogP contribution in [0, 0.1) is 17.8 Å². The van der Waals surface area contributed by atoms with Crippen molar-refractivity contribution in [1.82, 2.24) is 0 Å². The maximum atomic E-state index is 4.06. The van der Waals surface area contributed by atoms with Crippen LogP contribution in [0.1, 0.15) is 27.2 Å². The van der Waals surface area contributed by atoms with Crippen LogP contribution < -0.4 is 0 Å². The lowest BCUT2D eigenvalue weighted by atomic mass is 9.67. The van der Waals surface area contributed by atoms with Crippen molar-refractivity contribution in [3.05, 3.63) is 12.3 Å². The van der Waals surface area contributed by atoms with Gasteiger partial charge < -0.3 is 0 Å². The van der Waals surface area contributed by atoms with Crippen LogP contribution in [-0.2, 0) is 0 Å².